The van der Waals surface area contributed by atoms with Crippen molar-refractivity contribution in [2.75, 3.05) is 23.9 Å². The molecule has 1 N–H and O–H groups in total. The highest BCUT2D eigenvalue weighted by Gasteiger charge is 2.36. The Morgan fingerprint density at radius 1 is 1.27 bits per heavy atom. The number of carbonyl (C=O) groups is 2. The maximum Gasteiger partial charge on any atom is 0.229 e. The zero-order chi connectivity index (χ0) is 18.7. The molecule has 5 nitrogen and oxygen atoms in total. The van der Waals surface area contributed by atoms with E-state index >= 15 is 0 Å². The average molecular weight is 373 g/mol. The predicted octanol–water partition coefficient (Wildman–Crippen LogP) is 3.90. The first-order chi connectivity index (χ1) is 12.5. The number of halogens is 1. The summed E-state index contributed by atoms with van der Waals surface area (Å²) in [6.07, 6.45) is 1.11. The lowest BCUT2D eigenvalue weighted by atomic mass is 10.1. The zero-order valence-corrected chi connectivity index (χ0v) is 15.5. The van der Waals surface area contributed by atoms with Crippen LogP contribution in [0.3, 0.4) is 0 Å². The Labute approximate surface area is 157 Å². The molecule has 26 heavy (non-hydrogen) atoms. The highest BCUT2D eigenvalue weighted by atomic mass is 35.5. The van der Waals surface area contributed by atoms with Crippen molar-refractivity contribution >= 4 is 34.8 Å². The van der Waals surface area contributed by atoms with Crippen LogP contribution in [0.4, 0.5) is 11.4 Å². The SMILES string of the molecule is CCc1ccc(NC(=O)[C@@H]2CC(=O)N(c3cc(Cl)ccc3OC)C2)cc1. The number of nitrogens with zero attached hydrogens (tertiary/aromatic N) is 1. The van der Waals surface area contributed by atoms with E-state index in [0.717, 1.165) is 12.1 Å². The molecule has 0 spiro atoms. The molecule has 136 valence electrons. The van der Waals surface area contributed by atoms with Crippen molar-refractivity contribution in [2.24, 2.45) is 5.92 Å². The number of hydrogen-bond donors (Lipinski definition) is 1. The van der Waals surface area contributed by atoms with Crippen LogP contribution in [-0.4, -0.2) is 25.5 Å². The third-order valence-electron chi connectivity index (χ3n) is 4.56. The van der Waals surface area contributed by atoms with Gasteiger partial charge in [-0.2, -0.15) is 0 Å². The number of amides is 2. The Morgan fingerprint density at radius 3 is 2.65 bits per heavy atom. The van der Waals surface area contributed by atoms with E-state index < -0.39 is 5.92 Å². The van der Waals surface area contributed by atoms with Gasteiger partial charge in [0.2, 0.25) is 11.8 Å². The van der Waals surface area contributed by atoms with Crippen molar-refractivity contribution in [3.8, 4) is 5.75 Å². The van der Waals surface area contributed by atoms with Gasteiger partial charge in [-0.15, -0.1) is 0 Å². The van der Waals surface area contributed by atoms with E-state index in [1.165, 1.54) is 12.7 Å². The first kappa shape index (κ1) is 18.3. The van der Waals surface area contributed by atoms with Crippen LogP contribution in [0, 0.1) is 5.92 Å². The first-order valence-electron chi connectivity index (χ1n) is 8.55. The molecular formula is C20H21ClN2O3. The largest absolute Gasteiger partial charge is 0.495 e. The summed E-state index contributed by atoms with van der Waals surface area (Å²) in [5.74, 6) is -0.144. The summed E-state index contributed by atoms with van der Waals surface area (Å²) < 4.78 is 5.32. The minimum atomic E-state index is -0.419. The number of aryl methyl sites for hydroxylation is 1. The first-order valence-corrected chi connectivity index (χ1v) is 8.93. The molecule has 3 rings (SSSR count). The highest BCUT2D eigenvalue weighted by molar-refractivity contribution is 6.31. The Kier molecular flexibility index (Phi) is 5.47. The zero-order valence-electron chi connectivity index (χ0n) is 14.8. The molecule has 0 unspecified atom stereocenters. The van der Waals surface area contributed by atoms with Crippen LogP contribution in [0.5, 0.6) is 5.75 Å². The Bertz CT molecular complexity index is 820. The quantitative estimate of drug-likeness (QED) is 0.865. The molecule has 1 fully saturated rings. The highest BCUT2D eigenvalue weighted by Crippen LogP contribution is 2.35. The van der Waals surface area contributed by atoms with E-state index in [9.17, 15) is 9.59 Å². The van der Waals surface area contributed by atoms with E-state index in [1.807, 2.05) is 24.3 Å². The summed E-state index contributed by atoms with van der Waals surface area (Å²) in [4.78, 5) is 26.6. The molecule has 0 aliphatic carbocycles. The topological polar surface area (TPSA) is 58.6 Å². The van der Waals surface area contributed by atoms with Crippen LogP contribution in [0.25, 0.3) is 0 Å². The van der Waals surface area contributed by atoms with E-state index in [2.05, 4.69) is 12.2 Å². The van der Waals surface area contributed by atoms with Crippen LogP contribution in [0.2, 0.25) is 5.02 Å². The maximum absolute atomic E-state index is 12.6. The molecule has 0 aromatic heterocycles. The number of ether oxygens (including phenoxy) is 1. The van der Waals surface area contributed by atoms with Gasteiger partial charge in [-0.1, -0.05) is 30.7 Å². The summed E-state index contributed by atoms with van der Waals surface area (Å²) in [5.41, 5.74) is 2.53. The number of methoxy groups -OCH3 is 1. The Hall–Kier alpha value is -2.53. The van der Waals surface area contributed by atoms with Crippen molar-refractivity contribution in [1.82, 2.24) is 0 Å². The van der Waals surface area contributed by atoms with Crippen molar-refractivity contribution < 1.29 is 14.3 Å². The van der Waals surface area contributed by atoms with E-state index in [4.69, 9.17) is 16.3 Å². The standard InChI is InChI=1S/C20H21ClN2O3/c1-3-13-4-7-16(8-5-13)22-20(25)14-10-19(24)23(12-14)17-11-15(21)6-9-18(17)26-2/h4-9,11,14H,3,10,12H2,1-2H3,(H,22,25)/t14-/m1/s1. The van der Waals surface area contributed by atoms with Crippen LogP contribution in [0.15, 0.2) is 42.5 Å². The lowest BCUT2D eigenvalue weighted by molar-refractivity contribution is -0.122. The van der Waals surface area contributed by atoms with Gasteiger partial charge in [0.15, 0.2) is 0 Å². The molecule has 1 heterocycles. The van der Waals surface area contributed by atoms with Crippen molar-refractivity contribution in [3.05, 3.63) is 53.1 Å². The fourth-order valence-electron chi connectivity index (χ4n) is 3.06. The third-order valence-corrected chi connectivity index (χ3v) is 4.79. The number of anilines is 2. The predicted molar refractivity (Wildman–Crippen MR) is 103 cm³/mol. The van der Waals surface area contributed by atoms with Crippen LogP contribution >= 0.6 is 11.6 Å². The summed E-state index contributed by atoms with van der Waals surface area (Å²) in [5, 5.41) is 3.40. The fourth-order valence-corrected chi connectivity index (χ4v) is 3.22. The molecular weight excluding hydrogens is 352 g/mol. The molecule has 1 saturated heterocycles. The Morgan fingerprint density at radius 2 is 2.00 bits per heavy atom. The summed E-state index contributed by atoms with van der Waals surface area (Å²) in [6, 6.07) is 12.8. The molecule has 0 bridgehead atoms. The second-order valence-corrected chi connectivity index (χ2v) is 6.70. The average Bonchev–Trinajstić information content (AvgIpc) is 3.04. The third kappa shape index (κ3) is 3.83. The molecule has 0 radical (unpaired) electrons. The monoisotopic (exact) mass is 372 g/mol. The normalized spacial score (nSPS) is 16.7. The van der Waals surface area contributed by atoms with Gasteiger partial charge < -0.3 is 15.0 Å². The van der Waals surface area contributed by atoms with E-state index in [1.54, 1.807) is 23.1 Å². The van der Waals surface area contributed by atoms with Crippen LogP contribution in [0.1, 0.15) is 18.9 Å². The van der Waals surface area contributed by atoms with Crippen LogP contribution < -0.4 is 15.0 Å². The van der Waals surface area contributed by atoms with E-state index in [0.29, 0.717) is 23.0 Å². The molecule has 2 amide bonds. The minimum Gasteiger partial charge on any atom is -0.495 e. The van der Waals surface area contributed by atoms with Crippen molar-refractivity contribution in [1.29, 1.82) is 0 Å². The number of rotatable bonds is 5. The van der Waals surface area contributed by atoms with Gasteiger partial charge in [0.05, 0.1) is 18.7 Å². The van der Waals surface area contributed by atoms with Gasteiger partial charge >= 0.3 is 0 Å². The van der Waals surface area contributed by atoms with Gasteiger partial charge in [0, 0.05) is 23.7 Å². The van der Waals surface area contributed by atoms with E-state index in [-0.39, 0.29) is 18.2 Å². The van der Waals surface area contributed by atoms with Gasteiger partial charge in [0.25, 0.3) is 0 Å². The molecule has 1 aliphatic heterocycles. The molecule has 1 aliphatic rings. The number of nitrogens with one attached hydrogen (secondary N) is 1. The minimum absolute atomic E-state index is 0.118. The molecule has 6 heteroatoms. The van der Waals surface area contributed by atoms with Gasteiger partial charge in [0.1, 0.15) is 5.75 Å². The number of hydrogen-bond acceptors (Lipinski definition) is 3. The van der Waals surface area contributed by atoms with Gasteiger partial charge in [-0.05, 0) is 42.3 Å². The number of carbonyl (C=O) groups excluding carboxylic acids is 2. The summed E-state index contributed by atoms with van der Waals surface area (Å²) >= 11 is 6.06. The molecule has 1 atom stereocenters. The maximum atomic E-state index is 12.6. The van der Waals surface area contributed by atoms with Crippen LogP contribution in [-0.2, 0) is 16.0 Å². The van der Waals surface area contributed by atoms with Gasteiger partial charge in [-0.3, -0.25) is 9.59 Å². The smallest absolute Gasteiger partial charge is 0.229 e. The van der Waals surface area contributed by atoms with Crippen molar-refractivity contribution in [3.63, 3.8) is 0 Å². The molecule has 2 aromatic carbocycles. The lowest BCUT2D eigenvalue weighted by Crippen LogP contribution is -2.28. The van der Waals surface area contributed by atoms with Crippen molar-refractivity contribution in [2.45, 2.75) is 19.8 Å². The molecule has 0 saturated carbocycles. The number of benzene rings is 2. The summed E-state index contributed by atoms with van der Waals surface area (Å²) in [7, 11) is 1.54. The summed E-state index contributed by atoms with van der Waals surface area (Å²) in [6.45, 7) is 2.38. The second kappa shape index (κ2) is 7.79. The second-order valence-electron chi connectivity index (χ2n) is 6.26. The fraction of sp³-hybridized carbons (Fsp3) is 0.300. The van der Waals surface area contributed by atoms with Gasteiger partial charge in [-0.25, -0.2) is 0 Å². The molecule has 2 aromatic rings. The lowest BCUT2D eigenvalue weighted by Gasteiger charge is -2.20. The Balaban J connectivity index is 1.72.